The van der Waals surface area contributed by atoms with Crippen molar-refractivity contribution in [3.05, 3.63) is 35.6 Å². The molecule has 0 fully saturated rings. The molecule has 0 saturated carbocycles. The number of aromatic nitrogens is 2. The van der Waals surface area contributed by atoms with E-state index in [0.717, 1.165) is 11.3 Å². The zero-order valence-corrected chi connectivity index (χ0v) is 16.7. The monoisotopic (exact) mass is 418 g/mol. The maximum Gasteiger partial charge on any atom is 0.269 e. The molecule has 0 aliphatic heterocycles. The molecule has 2 rings (SSSR count). The molecular formula is C15H19FN4O3S3. The summed E-state index contributed by atoms with van der Waals surface area (Å²) in [5, 5.41) is 9.92. The van der Waals surface area contributed by atoms with E-state index in [1.165, 1.54) is 17.8 Å². The van der Waals surface area contributed by atoms with Crippen molar-refractivity contribution < 1.29 is 17.6 Å². The van der Waals surface area contributed by atoms with Crippen LogP contribution in [0, 0.1) is 11.7 Å². The third kappa shape index (κ3) is 6.01. The highest BCUT2D eigenvalue weighted by atomic mass is 32.2. The summed E-state index contributed by atoms with van der Waals surface area (Å²) in [6, 6.07) is 6.47. The maximum absolute atomic E-state index is 13.5. The Balaban J connectivity index is 1.81. The van der Waals surface area contributed by atoms with Crippen LogP contribution in [-0.2, 0) is 20.6 Å². The van der Waals surface area contributed by atoms with Crippen LogP contribution >= 0.6 is 23.1 Å². The molecular weight excluding hydrogens is 399 g/mol. The molecule has 1 aromatic carbocycles. The molecule has 0 saturated heterocycles. The molecule has 0 unspecified atom stereocenters. The van der Waals surface area contributed by atoms with Crippen LogP contribution in [0.5, 0.6) is 0 Å². The Labute approximate surface area is 159 Å². The molecule has 1 aromatic heterocycles. The van der Waals surface area contributed by atoms with E-state index in [4.69, 9.17) is 0 Å². The van der Waals surface area contributed by atoms with Crippen LogP contribution in [0.25, 0.3) is 0 Å². The molecule has 2 aromatic rings. The lowest BCUT2D eigenvalue weighted by Gasteiger charge is -2.05. The zero-order valence-electron chi connectivity index (χ0n) is 14.2. The van der Waals surface area contributed by atoms with Gasteiger partial charge in [0.05, 0.1) is 0 Å². The van der Waals surface area contributed by atoms with Crippen molar-refractivity contribution in [1.29, 1.82) is 0 Å². The third-order valence-corrected chi connectivity index (χ3v) is 6.82. The van der Waals surface area contributed by atoms with Crippen LogP contribution < -0.4 is 10.0 Å². The smallest absolute Gasteiger partial charge is 0.269 e. The minimum atomic E-state index is -3.79. The van der Waals surface area contributed by atoms with Gasteiger partial charge in [0.15, 0.2) is 0 Å². The quantitative estimate of drug-likeness (QED) is 0.479. The van der Waals surface area contributed by atoms with Crippen molar-refractivity contribution >= 4 is 44.2 Å². The normalized spacial score (nSPS) is 11.7. The number of nitrogens with one attached hydrogen (secondary N) is 2. The van der Waals surface area contributed by atoms with E-state index in [9.17, 15) is 17.6 Å². The van der Waals surface area contributed by atoms with Crippen LogP contribution in [0.2, 0.25) is 0 Å². The summed E-state index contributed by atoms with van der Waals surface area (Å²) in [5.74, 6) is 0.151. The number of nitrogens with zero attached hydrogens (tertiary/aromatic N) is 2. The Kier molecular flexibility index (Phi) is 7.50. The summed E-state index contributed by atoms with van der Waals surface area (Å²) in [6.07, 6.45) is 0. The molecule has 1 heterocycles. The third-order valence-electron chi connectivity index (χ3n) is 3.14. The van der Waals surface area contributed by atoms with Crippen molar-refractivity contribution in [3.8, 4) is 0 Å². The summed E-state index contributed by atoms with van der Waals surface area (Å²) in [5.41, 5.74) is 0.579. The lowest BCUT2D eigenvalue weighted by Crippen LogP contribution is -2.26. The van der Waals surface area contributed by atoms with Gasteiger partial charge in [-0.05, 0) is 11.6 Å². The van der Waals surface area contributed by atoms with Gasteiger partial charge in [-0.1, -0.05) is 43.4 Å². The van der Waals surface area contributed by atoms with E-state index in [0.29, 0.717) is 17.1 Å². The second-order valence-corrected chi connectivity index (χ2v) is 9.58. The highest BCUT2D eigenvalue weighted by Gasteiger charge is 2.20. The van der Waals surface area contributed by atoms with E-state index >= 15 is 0 Å². The first-order valence-electron chi connectivity index (χ1n) is 7.75. The molecule has 0 aliphatic rings. The SMILES string of the molecule is CC(C)C(=O)Nc1nnc(S(=O)(=O)NCCSCc2ccccc2F)s1. The van der Waals surface area contributed by atoms with E-state index in [2.05, 4.69) is 20.2 Å². The lowest BCUT2D eigenvalue weighted by atomic mass is 10.2. The molecule has 0 radical (unpaired) electrons. The standard InChI is InChI=1S/C15H19FN4O3S3/c1-10(2)13(21)18-14-19-20-15(25-14)26(22,23)17-7-8-24-9-11-5-3-4-6-12(11)16/h3-6,10,17H,7-9H2,1-2H3,(H,18,19,21). The molecule has 26 heavy (non-hydrogen) atoms. The number of carbonyl (C=O) groups excluding carboxylic acids is 1. The van der Waals surface area contributed by atoms with Crippen molar-refractivity contribution in [2.24, 2.45) is 5.92 Å². The van der Waals surface area contributed by atoms with Gasteiger partial charge in [-0.15, -0.1) is 10.2 Å². The van der Waals surface area contributed by atoms with Gasteiger partial charge in [-0.25, -0.2) is 17.5 Å². The molecule has 0 atom stereocenters. The van der Waals surface area contributed by atoms with Crippen LogP contribution in [0.3, 0.4) is 0 Å². The molecule has 0 aliphatic carbocycles. The fourth-order valence-electron chi connectivity index (χ4n) is 1.73. The number of amides is 1. The number of carbonyl (C=O) groups is 1. The summed E-state index contributed by atoms with van der Waals surface area (Å²) < 4.78 is 40.0. The van der Waals surface area contributed by atoms with Crippen molar-refractivity contribution in [2.45, 2.75) is 23.9 Å². The fourth-order valence-corrected chi connectivity index (χ4v) is 4.68. The van der Waals surface area contributed by atoms with Gasteiger partial charge >= 0.3 is 0 Å². The van der Waals surface area contributed by atoms with Gasteiger partial charge in [0, 0.05) is 24.0 Å². The van der Waals surface area contributed by atoms with Crippen LogP contribution in [0.1, 0.15) is 19.4 Å². The van der Waals surface area contributed by atoms with Gasteiger partial charge in [0.25, 0.3) is 10.0 Å². The van der Waals surface area contributed by atoms with Gasteiger partial charge in [-0.2, -0.15) is 11.8 Å². The Bertz CT molecular complexity index is 855. The average molecular weight is 419 g/mol. The number of thioether (sulfide) groups is 1. The van der Waals surface area contributed by atoms with E-state index in [1.54, 1.807) is 32.0 Å². The van der Waals surface area contributed by atoms with Crippen molar-refractivity contribution in [1.82, 2.24) is 14.9 Å². The number of hydrogen-bond acceptors (Lipinski definition) is 7. The number of sulfonamides is 1. The van der Waals surface area contributed by atoms with Crippen molar-refractivity contribution in [2.75, 3.05) is 17.6 Å². The Morgan fingerprint density at radius 3 is 2.73 bits per heavy atom. The number of anilines is 1. The summed E-state index contributed by atoms with van der Waals surface area (Å²) in [7, 11) is -3.79. The number of hydrogen-bond donors (Lipinski definition) is 2. The summed E-state index contributed by atoms with van der Waals surface area (Å²) in [6.45, 7) is 3.61. The highest BCUT2D eigenvalue weighted by Crippen LogP contribution is 2.20. The predicted molar refractivity (Wildman–Crippen MR) is 101 cm³/mol. The molecule has 0 spiro atoms. The van der Waals surface area contributed by atoms with Gasteiger partial charge in [-0.3, -0.25) is 4.79 Å². The summed E-state index contributed by atoms with van der Waals surface area (Å²) >= 11 is 2.20. The Hall–Kier alpha value is -1.56. The molecule has 11 heteroatoms. The van der Waals surface area contributed by atoms with Crippen LogP contribution in [0.4, 0.5) is 9.52 Å². The molecule has 142 valence electrons. The zero-order chi connectivity index (χ0) is 19.2. The molecule has 1 amide bonds. The van der Waals surface area contributed by atoms with E-state index in [-0.39, 0.29) is 33.7 Å². The maximum atomic E-state index is 13.5. The van der Waals surface area contributed by atoms with E-state index < -0.39 is 10.0 Å². The second kappa shape index (κ2) is 9.40. The minimum Gasteiger partial charge on any atom is -0.300 e. The van der Waals surface area contributed by atoms with Gasteiger partial charge in [0.1, 0.15) is 5.82 Å². The topological polar surface area (TPSA) is 101 Å². The minimum absolute atomic E-state index is 0.137. The fraction of sp³-hybridized carbons (Fsp3) is 0.400. The largest absolute Gasteiger partial charge is 0.300 e. The van der Waals surface area contributed by atoms with Crippen LogP contribution in [-0.4, -0.2) is 36.8 Å². The average Bonchev–Trinajstić information content (AvgIpc) is 3.05. The number of halogens is 1. The summed E-state index contributed by atoms with van der Waals surface area (Å²) in [4.78, 5) is 11.6. The Morgan fingerprint density at radius 2 is 2.04 bits per heavy atom. The van der Waals surface area contributed by atoms with Gasteiger partial charge in [0.2, 0.25) is 15.4 Å². The predicted octanol–water partition coefficient (Wildman–Crippen LogP) is 2.48. The lowest BCUT2D eigenvalue weighted by molar-refractivity contribution is -0.118. The van der Waals surface area contributed by atoms with Gasteiger partial charge < -0.3 is 5.32 Å². The van der Waals surface area contributed by atoms with E-state index in [1.807, 2.05) is 0 Å². The first-order valence-corrected chi connectivity index (χ1v) is 11.2. The number of rotatable bonds is 9. The molecule has 7 nitrogen and oxygen atoms in total. The van der Waals surface area contributed by atoms with Crippen LogP contribution in [0.15, 0.2) is 28.6 Å². The molecule has 2 N–H and O–H groups in total. The second-order valence-electron chi connectivity index (χ2n) is 5.56. The first kappa shape index (κ1) is 20.7. The van der Waals surface area contributed by atoms with Crippen molar-refractivity contribution in [3.63, 3.8) is 0 Å². The molecule has 0 bridgehead atoms. The first-order chi connectivity index (χ1) is 12.3. The highest BCUT2D eigenvalue weighted by molar-refractivity contribution is 7.98. The number of benzene rings is 1. The Morgan fingerprint density at radius 1 is 1.31 bits per heavy atom.